The second kappa shape index (κ2) is 9.93. The highest BCUT2D eigenvalue weighted by Gasteiger charge is 2.13. The molecule has 0 bridgehead atoms. The summed E-state index contributed by atoms with van der Waals surface area (Å²) >= 11 is 0. The van der Waals surface area contributed by atoms with Gasteiger partial charge in [0.05, 0.1) is 0 Å². The van der Waals surface area contributed by atoms with Crippen molar-refractivity contribution in [3.63, 3.8) is 0 Å². The van der Waals surface area contributed by atoms with Gasteiger partial charge in [0.25, 0.3) is 0 Å². The fourth-order valence-corrected chi connectivity index (χ4v) is 2.86. The zero-order valence-corrected chi connectivity index (χ0v) is 13.3. The van der Waals surface area contributed by atoms with E-state index in [0.717, 1.165) is 25.4 Å². The van der Waals surface area contributed by atoms with Crippen LogP contribution >= 0.6 is 0 Å². The minimum absolute atomic E-state index is 0.145. The molecule has 2 atom stereocenters. The van der Waals surface area contributed by atoms with Gasteiger partial charge in [0.1, 0.15) is 5.82 Å². The van der Waals surface area contributed by atoms with Crippen molar-refractivity contribution in [3.05, 3.63) is 35.6 Å². The van der Waals surface area contributed by atoms with Gasteiger partial charge in [0.15, 0.2) is 0 Å². The van der Waals surface area contributed by atoms with E-state index in [0.29, 0.717) is 5.92 Å². The third kappa shape index (κ3) is 7.04. The summed E-state index contributed by atoms with van der Waals surface area (Å²) in [5, 5.41) is 3.54. The van der Waals surface area contributed by atoms with Crippen molar-refractivity contribution in [2.45, 2.75) is 52.9 Å². The molecule has 0 saturated carbocycles. The summed E-state index contributed by atoms with van der Waals surface area (Å²) in [5.41, 5.74) is 1.25. The molecule has 20 heavy (non-hydrogen) atoms. The number of halogens is 1. The molecule has 2 unspecified atom stereocenters. The fourth-order valence-electron chi connectivity index (χ4n) is 2.86. The van der Waals surface area contributed by atoms with Crippen LogP contribution in [0.1, 0.15) is 52.0 Å². The predicted octanol–water partition coefficient (Wildman–Crippen LogP) is 4.81. The standard InChI is InChI=1S/C18H30FN/c1-4-6-15(3)12-17(14-20-11-5-2)13-16-7-9-18(19)10-8-16/h7-10,15,17,20H,4-6,11-14H2,1-3H3. The Bertz CT molecular complexity index is 347. The zero-order chi connectivity index (χ0) is 14.8. The molecule has 1 aromatic carbocycles. The molecule has 114 valence electrons. The highest BCUT2D eigenvalue weighted by molar-refractivity contribution is 5.16. The molecule has 0 aliphatic carbocycles. The Morgan fingerprint density at radius 3 is 2.40 bits per heavy atom. The quantitative estimate of drug-likeness (QED) is 0.606. The molecule has 0 heterocycles. The van der Waals surface area contributed by atoms with Crippen LogP contribution in [0.3, 0.4) is 0 Å². The fraction of sp³-hybridized carbons (Fsp3) is 0.667. The van der Waals surface area contributed by atoms with Crippen LogP contribution in [-0.2, 0) is 6.42 Å². The Morgan fingerprint density at radius 2 is 1.80 bits per heavy atom. The van der Waals surface area contributed by atoms with Crippen molar-refractivity contribution in [3.8, 4) is 0 Å². The van der Waals surface area contributed by atoms with E-state index in [1.165, 1.54) is 31.2 Å². The first kappa shape index (κ1) is 17.2. The average molecular weight is 279 g/mol. The number of hydrogen-bond donors (Lipinski definition) is 1. The van der Waals surface area contributed by atoms with E-state index in [1.54, 1.807) is 12.1 Å². The minimum Gasteiger partial charge on any atom is -0.316 e. The summed E-state index contributed by atoms with van der Waals surface area (Å²) < 4.78 is 13.0. The summed E-state index contributed by atoms with van der Waals surface area (Å²) in [5.74, 6) is 1.27. The van der Waals surface area contributed by atoms with Crippen LogP contribution in [-0.4, -0.2) is 13.1 Å². The van der Waals surface area contributed by atoms with Crippen molar-refractivity contribution in [2.75, 3.05) is 13.1 Å². The molecule has 0 aliphatic heterocycles. The lowest BCUT2D eigenvalue weighted by Crippen LogP contribution is -2.26. The largest absolute Gasteiger partial charge is 0.316 e. The van der Waals surface area contributed by atoms with E-state index in [4.69, 9.17) is 0 Å². The van der Waals surface area contributed by atoms with Gasteiger partial charge in [0.2, 0.25) is 0 Å². The maximum Gasteiger partial charge on any atom is 0.123 e. The van der Waals surface area contributed by atoms with Gasteiger partial charge >= 0.3 is 0 Å². The van der Waals surface area contributed by atoms with Crippen LogP contribution < -0.4 is 5.32 Å². The summed E-state index contributed by atoms with van der Waals surface area (Å²) in [7, 11) is 0. The third-order valence-electron chi connectivity index (χ3n) is 3.81. The topological polar surface area (TPSA) is 12.0 Å². The van der Waals surface area contributed by atoms with Crippen molar-refractivity contribution in [2.24, 2.45) is 11.8 Å². The molecule has 1 N–H and O–H groups in total. The van der Waals surface area contributed by atoms with Gasteiger partial charge in [-0.05, 0) is 61.9 Å². The maximum absolute atomic E-state index is 13.0. The lowest BCUT2D eigenvalue weighted by atomic mass is 9.88. The second-order valence-electron chi connectivity index (χ2n) is 6.03. The highest BCUT2D eigenvalue weighted by atomic mass is 19.1. The van der Waals surface area contributed by atoms with Gasteiger partial charge in [-0.1, -0.05) is 45.7 Å². The highest BCUT2D eigenvalue weighted by Crippen LogP contribution is 2.20. The lowest BCUT2D eigenvalue weighted by Gasteiger charge is -2.21. The first-order valence-corrected chi connectivity index (χ1v) is 8.10. The molecule has 1 nitrogen and oxygen atoms in total. The van der Waals surface area contributed by atoms with Gasteiger partial charge in [-0.3, -0.25) is 0 Å². The normalized spacial score (nSPS) is 14.2. The van der Waals surface area contributed by atoms with Crippen LogP contribution in [0.4, 0.5) is 4.39 Å². The predicted molar refractivity (Wildman–Crippen MR) is 85.4 cm³/mol. The molecule has 1 rings (SSSR count). The molecule has 0 spiro atoms. The lowest BCUT2D eigenvalue weighted by molar-refractivity contribution is 0.354. The summed E-state index contributed by atoms with van der Waals surface area (Å²) in [6.45, 7) is 8.95. The second-order valence-corrected chi connectivity index (χ2v) is 6.03. The summed E-state index contributed by atoms with van der Waals surface area (Å²) in [4.78, 5) is 0. The molecule has 2 heteroatoms. The van der Waals surface area contributed by atoms with Crippen LogP contribution in [0.2, 0.25) is 0 Å². The average Bonchev–Trinajstić information content (AvgIpc) is 2.42. The number of rotatable bonds is 10. The maximum atomic E-state index is 13.0. The van der Waals surface area contributed by atoms with E-state index in [9.17, 15) is 4.39 Å². The molecule has 0 aromatic heterocycles. The molecule has 0 amide bonds. The Morgan fingerprint density at radius 1 is 1.10 bits per heavy atom. The first-order chi connectivity index (χ1) is 9.65. The smallest absolute Gasteiger partial charge is 0.123 e. The number of nitrogens with one attached hydrogen (secondary N) is 1. The van der Waals surface area contributed by atoms with Gasteiger partial charge in [-0.2, -0.15) is 0 Å². The Balaban J connectivity index is 2.53. The van der Waals surface area contributed by atoms with Crippen molar-refractivity contribution < 1.29 is 4.39 Å². The van der Waals surface area contributed by atoms with E-state index >= 15 is 0 Å². The van der Waals surface area contributed by atoms with Crippen LogP contribution in [0.25, 0.3) is 0 Å². The van der Waals surface area contributed by atoms with Gasteiger partial charge < -0.3 is 5.32 Å². The third-order valence-corrected chi connectivity index (χ3v) is 3.81. The molecular weight excluding hydrogens is 249 g/mol. The monoisotopic (exact) mass is 279 g/mol. The van der Waals surface area contributed by atoms with Crippen LogP contribution in [0.15, 0.2) is 24.3 Å². The Hall–Kier alpha value is -0.890. The molecule has 0 fully saturated rings. The van der Waals surface area contributed by atoms with Gasteiger partial charge in [-0.15, -0.1) is 0 Å². The van der Waals surface area contributed by atoms with E-state index in [-0.39, 0.29) is 5.82 Å². The molecule has 0 radical (unpaired) electrons. The van der Waals surface area contributed by atoms with Gasteiger partial charge in [-0.25, -0.2) is 4.39 Å². The van der Waals surface area contributed by atoms with Crippen molar-refractivity contribution >= 4 is 0 Å². The van der Waals surface area contributed by atoms with Crippen molar-refractivity contribution in [1.82, 2.24) is 5.32 Å². The minimum atomic E-state index is -0.145. The first-order valence-electron chi connectivity index (χ1n) is 8.10. The Kier molecular flexibility index (Phi) is 8.52. The summed E-state index contributed by atoms with van der Waals surface area (Å²) in [6.07, 6.45) is 6.03. The summed E-state index contributed by atoms with van der Waals surface area (Å²) in [6, 6.07) is 6.99. The van der Waals surface area contributed by atoms with E-state index < -0.39 is 0 Å². The SMILES string of the molecule is CCCNCC(Cc1ccc(F)cc1)CC(C)CCC. The van der Waals surface area contributed by atoms with E-state index in [1.807, 2.05) is 12.1 Å². The molecule has 1 aromatic rings. The molecular formula is C18H30FN. The molecule has 0 aliphatic rings. The van der Waals surface area contributed by atoms with Crippen LogP contribution in [0.5, 0.6) is 0 Å². The Labute approximate surface area is 124 Å². The van der Waals surface area contributed by atoms with Crippen LogP contribution in [0, 0.1) is 17.7 Å². The number of benzene rings is 1. The zero-order valence-electron chi connectivity index (χ0n) is 13.3. The van der Waals surface area contributed by atoms with Crippen molar-refractivity contribution in [1.29, 1.82) is 0 Å². The van der Waals surface area contributed by atoms with Gasteiger partial charge in [0, 0.05) is 0 Å². The number of hydrogen-bond acceptors (Lipinski definition) is 1. The van der Waals surface area contributed by atoms with E-state index in [2.05, 4.69) is 26.1 Å². The molecule has 0 saturated heterocycles.